The van der Waals surface area contributed by atoms with Gasteiger partial charge in [0.05, 0.1) is 34.4 Å². The van der Waals surface area contributed by atoms with Gasteiger partial charge in [0, 0.05) is 11.6 Å². The fourth-order valence-corrected chi connectivity index (χ4v) is 3.97. The Kier molecular flexibility index (Phi) is 6.97. The maximum absolute atomic E-state index is 12.7. The second kappa shape index (κ2) is 9.87. The molecule has 0 spiro atoms. The van der Waals surface area contributed by atoms with Gasteiger partial charge in [0.25, 0.3) is 15.7 Å². The van der Waals surface area contributed by atoms with Crippen molar-refractivity contribution in [2.24, 2.45) is 5.10 Å². The molecule has 34 heavy (non-hydrogen) atoms. The van der Waals surface area contributed by atoms with E-state index >= 15 is 0 Å². The van der Waals surface area contributed by atoms with E-state index in [-0.39, 0.29) is 34.0 Å². The number of aromatic hydroxyl groups is 1. The molecule has 3 rings (SSSR count). The van der Waals surface area contributed by atoms with E-state index in [0.717, 1.165) is 18.2 Å². The molecule has 3 aromatic carbocycles. The third-order valence-corrected chi connectivity index (χ3v) is 5.88. The van der Waals surface area contributed by atoms with Crippen molar-refractivity contribution in [1.29, 1.82) is 0 Å². The standard InChI is InChI=1S/C21H18N4O8S/c1-33-19-8-4-5-13(20(19)26)12-22-23-17-10-9-14(11-18(17)25(29)30)34(31,32)24-16-7-3-2-6-15(16)21(27)28/h2-12,23-24,26H,1H3,(H,27,28)/b22-12+. The minimum atomic E-state index is -4.35. The molecule has 0 aliphatic heterocycles. The summed E-state index contributed by atoms with van der Waals surface area (Å²) in [5, 5.41) is 34.7. The molecule has 0 radical (unpaired) electrons. The number of ether oxygens (including phenoxy) is 1. The fraction of sp³-hybridized carbons (Fsp3) is 0.0476. The second-order valence-corrected chi connectivity index (χ2v) is 8.34. The van der Waals surface area contributed by atoms with E-state index in [1.165, 1.54) is 49.7 Å². The zero-order valence-electron chi connectivity index (χ0n) is 17.5. The second-order valence-electron chi connectivity index (χ2n) is 6.66. The molecule has 0 aliphatic carbocycles. The third-order valence-electron chi connectivity index (χ3n) is 4.52. The quantitative estimate of drug-likeness (QED) is 0.200. The van der Waals surface area contributed by atoms with Crippen LogP contribution in [-0.2, 0) is 10.0 Å². The van der Waals surface area contributed by atoms with Gasteiger partial charge in [0.2, 0.25) is 0 Å². The van der Waals surface area contributed by atoms with Crippen LogP contribution in [0, 0.1) is 10.1 Å². The van der Waals surface area contributed by atoms with E-state index in [1.54, 1.807) is 6.07 Å². The van der Waals surface area contributed by atoms with Crippen molar-refractivity contribution in [2.75, 3.05) is 17.3 Å². The summed E-state index contributed by atoms with van der Waals surface area (Å²) in [4.78, 5) is 21.6. The number of nitrogens with zero attached hydrogens (tertiary/aromatic N) is 2. The lowest BCUT2D eigenvalue weighted by Gasteiger charge is -2.11. The summed E-state index contributed by atoms with van der Waals surface area (Å²) in [7, 11) is -2.97. The van der Waals surface area contributed by atoms with Crippen LogP contribution in [0.5, 0.6) is 11.5 Å². The van der Waals surface area contributed by atoms with Gasteiger partial charge in [-0.05, 0) is 36.4 Å². The molecule has 0 heterocycles. The Labute approximate surface area is 193 Å². The number of phenolic OH excluding ortho intramolecular Hbond substituents is 1. The van der Waals surface area contributed by atoms with Crippen LogP contribution in [0.3, 0.4) is 0 Å². The van der Waals surface area contributed by atoms with Gasteiger partial charge in [-0.15, -0.1) is 0 Å². The molecule has 0 fully saturated rings. The first-order chi connectivity index (χ1) is 16.1. The normalized spacial score (nSPS) is 11.2. The number of hydrogen-bond acceptors (Lipinski definition) is 9. The van der Waals surface area contributed by atoms with Crippen molar-refractivity contribution in [1.82, 2.24) is 0 Å². The highest BCUT2D eigenvalue weighted by molar-refractivity contribution is 7.92. The number of rotatable bonds is 9. The Morgan fingerprint density at radius 3 is 2.53 bits per heavy atom. The lowest BCUT2D eigenvalue weighted by molar-refractivity contribution is -0.384. The number of hydrazone groups is 1. The molecule has 3 aromatic rings. The van der Waals surface area contributed by atoms with Gasteiger partial charge in [0.15, 0.2) is 11.5 Å². The average Bonchev–Trinajstić information content (AvgIpc) is 2.80. The smallest absolute Gasteiger partial charge is 0.337 e. The van der Waals surface area contributed by atoms with Crippen LogP contribution in [0.15, 0.2) is 70.7 Å². The molecule has 0 bridgehead atoms. The van der Waals surface area contributed by atoms with Gasteiger partial charge in [-0.3, -0.25) is 20.3 Å². The first kappa shape index (κ1) is 24.0. The van der Waals surface area contributed by atoms with E-state index in [0.29, 0.717) is 0 Å². The number of para-hydroxylation sites is 2. The number of hydrogen-bond donors (Lipinski definition) is 4. The lowest BCUT2D eigenvalue weighted by atomic mass is 10.2. The van der Waals surface area contributed by atoms with Gasteiger partial charge in [-0.2, -0.15) is 5.10 Å². The SMILES string of the molecule is COc1cccc(/C=N/Nc2ccc(S(=O)(=O)Nc3ccccc3C(=O)O)cc2[N+](=O)[O-])c1O. The van der Waals surface area contributed by atoms with Gasteiger partial charge in [-0.1, -0.05) is 18.2 Å². The van der Waals surface area contributed by atoms with E-state index in [9.17, 15) is 33.5 Å². The number of carbonyl (C=O) groups is 1. The molecule has 4 N–H and O–H groups in total. The summed E-state index contributed by atoms with van der Waals surface area (Å²) in [5.74, 6) is -1.32. The minimum absolute atomic E-state index is 0.117. The first-order valence-corrected chi connectivity index (χ1v) is 10.9. The van der Waals surface area contributed by atoms with E-state index in [1.807, 2.05) is 0 Å². The van der Waals surface area contributed by atoms with Crippen molar-refractivity contribution < 1.29 is 33.1 Å². The molecule has 13 heteroatoms. The number of nitrogens with one attached hydrogen (secondary N) is 2. The molecule has 0 aliphatic rings. The van der Waals surface area contributed by atoms with Crippen LogP contribution in [0.2, 0.25) is 0 Å². The molecule has 176 valence electrons. The number of anilines is 2. The van der Waals surface area contributed by atoms with Gasteiger partial charge in [-0.25, -0.2) is 13.2 Å². The predicted octanol–water partition coefficient (Wildman–Crippen LogP) is 3.25. The molecule has 0 aromatic heterocycles. The van der Waals surface area contributed by atoms with E-state index in [4.69, 9.17) is 4.74 Å². The highest BCUT2D eigenvalue weighted by Gasteiger charge is 2.23. The van der Waals surface area contributed by atoms with Gasteiger partial charge >= 0.3 is 5.97 Å². The average molecular weight is 486 g/mol. The van der Waals surface area contributed by atoms with Crippen LogP contribution in [-0.4, -0.2) is 42.8 Å². The van der Waals surface area contributed by atoms with E-state index in [2.05, 4.69) is 15.2 Å². The van der Waals surface area contributed by atoms with Crippen molar-refractivity contribution in [2.45, 2.75) is 4.90 Å². The van der Waals surface area contributed by atoms with Crippen molar-refractivity contribution >= 4 is 39.3 Å². The Morgan fingerprint density at radius 2 is 1.85 bits per heavy atom. The lowest BCUT2D eigenvalue weighted by Crippen LogP contribution is -2.16. The number of nitro groups is 1. The molecule has 0 atom stereocenters. The van der Waals surface area contributed by atoms with Crippen LogP contribution >= 0.6 is 0 Å². The Balaban J connectivity index is 1.89. The zero-order valence-corrected chi connectivity index (χ0v) is 18.3. The Morgan fingerprint density at radius 1 is 1.12 bits per heavy atom. The topological polar surface area (TPSA) is 180 Å². The number of phenols is 1. The monoisotopic (exact) mass is 486 g/mol. The van der Waals surface area contributed by atoms with Gasteiger partial charge < -0.3 is 14.9 Å². The summed E-state index contributed by atoms with van der Waals surface area (Å²) in [6.07, 6.45) is 1.20. The first-order valence-electron chi connectivity index (χ1n) is 9.42. The molecular weight excluding hydrogens is 468 g/mol. The minimum Gasteiger partial charge on any atom is -0.504 e. The van der Waals surface area contributed by atoms with Crippen LogP contribution < -0.4 is 14.9 Å². The molecule has 0 unspecified atom stereocenters. The maximum atomic E-state index is 12.7. The zero-order chi connectivity index (χ0) is 24.9. The number of methoxy groups -OCH3 is 1. The highest BCUT2D eigenvalue weighted by atomic mass is 32.2. The number of carboxylic acids is 1. The molecule has 12 nitrogen and oxygen atoms in total. The van der Waals surface area contributed by atoms with Crippen molar-refractivity contribution in [3.05, 3.63) is 81.9 Å². The number of carboxylic acid groups (broad SMARTS) is 1. The van der Waals surface area contributed by atoms with Crippen molar-refractivity contribution in [3.63, 3.8) is 0 Å². The molecule has 0 amide bonds. The van der Waals surface area contributed by atoms with Gasteiger partial charge in [0.1, 0.15) is 5.69 Å². The summed E-state index contributed by atoms with van der Waals surface area (Å²) in [6, 6.07) is 13.1. The van der Waals surface area contributed by atoms with Crippen molar-refractivity contribution in [3.8, 4) is 11.5 Å². The van der Waals surface area contributed by atoms with Crippen LogP contribution in [0.1, 0.15) is 15.9 Å². The van der Waals surface area contributed by atoms with Crippen LogP contribution in [0.4, 0.5) is 17.1 Å². The largest absolute Gasteiger partial charge is 0.504 e. The van der Waals surface area contributed by atoms with Crippen LogP contribution in [0.25, 0.3) is 0 Å². The molecule has 0 saturated heterocycles. The Bertz CT molecular complexity index is 1390. The maximum Gasteiger partial charge on any atom is 0.337 e. The summed E-state index contributed by atoms with van der Waals surface area (Å²) in [5.41, 5.74) is 1.53. The summed E-state index contributed by atoms with van der Waals surface area (Å²) >= 11 is 0. The molecular formula is C21H18N4O8S. The fourth-order valence-electron chi connectivity index (χ4n) is 2.87. The number of benzene rings is 3. The number of aromatic carboxylic acids is 1. The highest BCUT2D eigenvalue weighted by Crippen LogP contribution is 2.30. The molecule has 0 saturated carbocycles. The summed E-state index contributed by atoms with van der Waals surface area (Å²) in [6.45, 7) is 0. The van der Waals surface area contributed by atoms with E-state index < -0.39 is 31.5 Å². The number of sulfonamides is 1. The number of nitro benzene ring substituents is 1. The summed E-state index contributed by atoms with van der Waals surface area (Å²) < 4.78 is 32.6. The predicted molar refractivity (Wildman–Crippen MR) is 123 cm³/mol. The third kappa shape index (κ3) is 5.21. The Hall–Kier alpha value is -4.65.